The predicted octanol–water partition coefficient (Wildman–Crippen LogP) is 4.58. The number of rotatable bonds is 1. The molecule has 1 aliphatic rings. The standard InChI is InChI=1S/C17H19N3S2/c1-17(2,3)12-8-20-7-10-5-6-11-9-22-15(21-4)13(11)14(10)19-16(20)18-12/h7-9H,5-6H2,1-4H3. The van der Waals surface area contributed by atoms with Crippen LogP contribution in [0.4, 0.5) is 0 Å². The minimum absolute atomic E-state index is 0.0478. The van der Waals surface area contributed by atoms with E-state index < -0.39 is 0 Å². The Morgan fingerprint density at radius 1 is 1.14 bits per heavy atom. The molecule has 3 aromatic rings. The van der Waals surface area contributed by atoms with Crippen molar-refractivity contribution in [3.8, 4) is 11.3 Å². The summed E-state index contributed by atoms with van der Waals surface area (Å²) in [4.78, 5) is 9.67. The van der Waals surface area contributed by atoms with Crippen LogP contribution in [-0.2, 0) is 18.3 Å². The molecule has 4 rings (SSSR count). The molecule has 5 heteroatoms. The topological polar surface area (TPSA) is 30.2 Å². The lowest BCUT2D eigenvalue weighted by molar-refractivity contribution is 0.573. The second-order valence-corrected chi connectivity index (χ2v) is 8.78. The van der Waals surface area contributed by atoms with Crippen LogP contribution in [0.15, 0.2) is 22.0 Å². The average molecular weight is 329 g/mol. The van der Waals surface area contributed by atoms with Crippen molar-refractivity contribution in [1.82, 2.24) is 14.4 Å². The lowest BCUT2D eigenvalue weighted by Crippen LogP contribution is -2.11. The summed E-state index contributed by atoms with van der Waals surface area (Å²) in [6.45, 7) is 6.58. The molecule has 0 amide bonds. The van der Waals surface area contributed by atoms with Crippen LogP contribution in [0, 0.1) is 0 Å². The second-order valence-electron chi connectivity index (χ2n) is 6.83. The molecule has 0 aliphatic heterocycles. The van der Waals surface area contributed by atoms with Crippen LogP contribution in [-0.4, -0.2) is 20.6 Å². The number of thioether (sulfide) groups is 1. The molecule has 114 valence electrons. The monoisotopic (exact) mass is 329 g/mol. The molecular weight excluding hydrogens is 310 g/mol. The van der Waals surface area contributed by atoms with Crippen molar-refractivity contribution in [2.75, 3.05) is 6.26 Å². The molecule has 0 N–H and O–H groups in total. The zero-order valence-electron chi connectivity index (χ0n) is 13.3. The lowest BCUT2D eigenvalue weighted by atomic mass is 9.93. The minimum Gasteiger partial charge on any atom is -0.291 e. The van der Waals surface area contributed by atoms with Gasteiger partial charge in [-0.2, -0.15) is 0 Å². The molecule has 0 spiro atoms. The van der Waals surface area contributed by atoms with Gasteiger partial charge in [0.25, 0.3) is 0 Å². The SMILES string of the molecule is CSc1scc2c1-c1nc3nc(C(C)(C)C)cn3cc1CC2. The van der Waals surface area contributed by atoms with Gasteiger partial charge in [0, 0.05) is 23.4 Å². The Balaban J connectivity index is 1.95. The largest absolute Gasteiger partial charge is 0.291 e. The Labute approximate surface area is 138 Å². The molecule has 0 aromatic carbocycles. The lowest BCUT2D eigenvalue weighted by Gasteiger charge is -2.16. The van der Waals surface area contributed by atoms with Crippen LogP contribution in [0.5, 0.6) is 0 Å². The van der Waals surface area contributed by atoms with E-state index in [1.165, 1.54) is 20.9 Å². The summed E-state index contributed by atoms with van der Waals surface area (Å²) >= 11 is 3.66. The first-order valence-corrected chi connectivity index (χ1v) is 9.61. The van der Waals surface area contributed by atoms with Gasteiger partial charge in [-0.1, -0.05) is 20.8 Å². The maximum atomic E-state index is 4.92. The highest BCUT2D eigenvalue weighted by Crippen LogP contribution is 2.42. The molecule has 0 saturated carbocycles. The molecule has 0 radical (unpaired) electrons. The smallest absolute Gasteiger partial charge is 0.234 e. The number of aryl methyl sites for hydroxylation is 2. The number of imidazole rings is 1. The molecule has 22 heavy (non-hydrogen) atoms. The Kier molecular flexibility index (Phi) is 3.13. The van der Waals surface area contributed by atoms with Crippen LogP contribution < -0.4 is 0 Å². The van der Waals surface area contributed by atoms with E-state index in [4.69, 9.17) is 9.97 Å². The zero-order valence-corrected chi connectivity index (χ0v) is 14.9. The van der Waals surface area contributed by atoms with E-state index in [2.05, 4.69) is 49.2 Å². The van der Waals surface area contributed by atoms with Crippen LogP contribution in [0.1, 0.15) is 37.6 Å². The van der Waals surface area contributed by atoms with E-state index in [0.717, 1.165) is 30.0 Å². The van der Waals surface area contributed by atoms with Gasteiger partial charge >= 0.3 is 0 Å². The molecule has 3 aromatic heterocycles. The molecule has 0 unspecified atom stereocenters. The van der Waals surface area contributed by atoms with E-state index in [1.54, 1.807) is 0 Å². The average Bonchev–Trinajstić information content (AvgIpc) is 3.07. The van der Waals surface area contributed by atoms with E-state index in [9.17, 15) is 0 Å². The Hall–Kier alpha value is -1.33. The fourth-order valence-electron chi connectivity index (χ4n) is 2.95. The molecule has 0 fully saturated rings. The third kappa shape index (κ3) is 2.10. The Morgan fingerprint density at radius 3 is 2.64 bits per heavy atom. The predicted molar refractivity (Wildman–Crippen MR) is 94.2 cm³/mol. The van der Waals surface area contributed by atoms with Crippen LogP contribution >= 0.6 is 23.1 Å². The maximum Gasteiger partial charge on any atom is 0.234 e. The molecule has 0 atom stereocenters. The first kappa shape index (κ1) is 14.3. The third-order valence-electron chi connectivity index (χ3n) is 4.21. The van der Waals surface area contributed by atoms with Gasteiger partial charge < -0.3 is 0 Å². The van der Waals surface area contributed by atoms with Gasteiger partial charge in [-0.3, -0.25) is 4.40 Å². The Bertz CT molecular complexity index is 855. The fraction of sp³-hybridized carbons (Fsp3) is 0.412. The summed E-state index contributed by atoms with van der Waals surface area (Å²) in [6.07, 6.45) is 8.68. The van der Waals surface area contributed by atoms with Gasteiger partial charge in [-0.25, -0.2) is 9.97 Å². The summed E-state index contributed by atoms with van der Waals surface area (Å²) in [5.41, 5.74) is 6.42. The van der Waals surface area contributed by atoms with E-state index in [0.29, 0.717) is 0 Å². The van der Waals surface area contributed by atoms with Crippen LogP contribution in [0.3, 0.4) is 0 Å². The highest BCUT2D eigenvalue weighted by atomic mass is 32.2. The molecule has 0 saturated heterocycles. The normalized spacial score (nSPS) is 14.2. The number of nitrogens with zero attached hydrogens (tertiary/aromatic N) is 3. The molecule has 3 heterocycles. The Morgan fingerprint density at radius 2 is 1.91 bits per heavy atom. The van der Waals surface area contributed by atoms with E-state index in [1.807, 2.05) is 23.1 Å². The van der Waals surface area contributed by atoms with Crippen molar-refractivity contribution < 1.29 is 0 Å². The second kappa shape index (κ2) is 4.83. The molecule has 3 nitrogen and oxygen atoms in total. The van der Waals surface area contributed by atoms with E-state index >= 15 is 0 Å². The number of thiophene rings is 1. The summed E-state index contributed by atoms with van der Waals surface area (Å²) < 4.78 is 3.46. The van der Waals surface area contributed by atoms with Gasteiger partial charge in [0.2, 0.25) is 5.78 Å². The van der Waals surface area contributed by atoms with Crippen molar-refractivity contribution in [3.63, 3.8) is 0 Å². The maximum absolute atomic E-state index is 4.92. The van der Waals surface area contributed by atoms with E-state index in [-0.39, 0.29) is 5.41 Å². The van der Waals surface area contributed by atoms with Gasteiger partial charge in [-0.05, 0) is 35.6 Å². The molecular formula is C17H19N3S2. The first-order chi connectivity index (χ1) is 10.5. The van der Waals surface area contributed by atoms with Crippen molar-refractivity contribution in [2.24, 2.45) is 0 Å². The van der Waals surface area contributed by atoms with Gasteiger partial charge in [0.15, 0.2) is 0 Å². The third-order valence-corrected chi connectivity index (χ3v) is 6.40. The van der Waals surface area contributed by atoms with Gasteiger partial charge in [0.05, 0.1) is 15.6 Å². The summed E-state index contributed by atoms with van der Waals surface area (Å²) in [5, 5.41) is 2.29. The van der Waals surface area contributed by atoms with Crippen LogP contribution in [0.2, 0.25) is 0 Å². The highest BCUT2D eigenvalue weighted by molar-refractivity contribution is 8.00. The number of aromatic nitrogens is 3. The fourth-order valence-corrected chi connectivity index (χ4v) is 4.74. The number of hydrogen-bond acceptors (Lipinski definition) is 4. The molecule has 1 aliphatic carbocycles. The van der Waals surface area contributed by atoms with Crippen molar-refractivity contribution in [1.29, 1.82) is 0 Å². The van der Waals surface area contributed by atoms with Crippen molar-refractivity contribution in [2.45, 2.75) is 43.2 Å². The summed E-state index contributed by atoms with van der Waals surface area (Å²) in [5.74, 6) is 0.815. The summed E-state index contributed by atoms with van der Waals surface area (Å²) in [7, 11) is 0. The zero-order chi connectivity index (χ0) is 15.5. The quantitative estimate of drug-likeness (QED) is 0.612. The molecule has 0 bridgehead atoms. The minimum atomic E-state index is 0.0478. The summed E-state index contributed by atoms with van der Waals surface area (Å²) in [6, 6.07) is 0. The number of fused-ring (bicyclic) bond motifs is 4. The van der Waals surface area contributed by atoms with Gasteiger partial charge in [0.1, 0.15) is 0 Å². The number of hydrogen-bond donors (Lipinski definition) is 0. The van der Waals surface area contributed by atoms with Crippen molar-refractivity contribution >= 4 is 28.9 Å². The van der Waals surface area contributed by atoms with Gasteiger partial charge in [-0.15, -0.1) is 23.1 Å². The van der Waals surface area contributed by atoms with Crippen LogP contribution in [0.25, 0.3) is 17.0 Å². The highest BCUT2D eigenvalue weighted by Gasteiger charge is 2.24. The first-order valence-electron chi connectivity index (χ1n) is 7.51. The van der Waals surface area contributed by atoms with Crippen molar-refractivity contribution in [3.05, 3.63) is 34.6 Å².